The Morgan fingerprint density at radius 1 is 1.04 bits per heavy atom. The number of anilines is 2. The molecule has 0 atom stereocenters. The number of carbonyl (C=O) groups excluding carboxylic acids is 1. The van der Waals surface area contributed by atoms with E-state index in [0.29, 0.717) is 12.1 Å². The SMILES string of the molecule is O=C(Nc1ccc2[nH]ncc2c1)c1ccccc1NCc1ccncc1. The molecule has 0 spiro atoms. The molecule has 2 aromatic heterocycles. The quantitative estimate of drug-likeness (QED) is 0.514. The van der Waals surface area contributed by atoms with Crippen molar-refractivity contribution in [3.63, 3.8) is 0 Å². The van der Waals surface area contributed by atoms with Gasteiger partial charge in [0, 0.05) is 35.7 Å². The smallest absolute Gasteiger partial charge is 0.257 e. The van der Waals surface area contributed by atoms with Gasteiger partial charge in [-0.1, -0.05) is 12.1 Å². The van der Waals surface area contributed by atoms with Crippen molar-refractivity contribution in [2.75, 3.05) is 10.6 Å². The summed E-state index contributed by atoms with van der Waals surface area (Å²) in [6, 6.07) is 17.0. The summed E-state index contributed by atoms with van der Waals surface area (Å²) in [5.41, 5.74) is 4.14. The van der Waals surface area contributed by atoms with E-state index < -0.39 is 0 Å². The molecule has 4 rings (SSSR count). The topological polar surface area (TPSA) is 82.7 Å². The first kappa shape index (κ1) is 15.8. The number of hydrogen-bond acceptors (Lipinski definition) is 4. The summed E-state index contributed by atoms with van der Waals surface area (Å²) in [6.45, 7) is 0.619. The first-order chi connectivity index (χ1) is 12.8. The largest absolute Gasteiger partial charge is 0.380 e. The zero-order chi connectivity index (χ0) is 17.8. The van der Waals surface area contributed by atoms with Crippen LogP contribution >= 0.6 is 0 Å². The van der Waals surface area contributed by atoms with E-state index in [1.165, 1.54) is 0 Å². The lowest BCUT2D eigenvalue weighted by Gasteiger charge is -2.12. The van der Waals surface area contributed by atoms with Gasteiger partial charge in [0.2, 0.25) is 0 Å². The number of amides is 1. The third kappa shape index (κ3) is 3.39. The third-order valence-electron chi connectivity index (χ3n) is 4.10. The monoisotopic (exact) mass is 343 g/mol. The standard InChI is InChI=1S/C20H17N5O/c26-20(24-16-5-6-18-15(11-16)13-23-25-18)17-3-1-2-4-19(17)22-12-14-7-9-21-10-8-14/h1-11,13,22H,12H2,(H,23,25)(H,24,26). The number of fused-ring (bicyclic) bond motifs is 1. The van der Waals surface area contributed by atoms with Crippen molar-refractivity contribution in [1.82, 2.24) is 15.2 Å². The van der Waals surface area contributed by atoms with Crippen LogP contribution in [0.25, 0.3) is 10.9 Å². The second-order valence-corrected chi connectivity index (χ2v) is 5.88. The van der Waals surface area contributed by atoms with Crippen molar-refractivity contribution < 1.29 is 4.79 Å². The first-order valence-electron chi connectivity index (χ1n) is 8.26. The van der Waals surface area contributed by atoms with Gasteiger partial charge in [0.15, 0.2) is 0 Å². The number of H-pyrrole nitrogens is 1. The van der Waals surface area contributed by atoms with Crippen molar-refractivity contribution in [1.29, 1.82) is 0 Å². The molecule has 0 unspecified atom stereocenters. The molecule has 0 fully saturated rings. The van der Waals surface area contributed by atoms with Crippen LogP contribution in [0.2, 0.25) is 0 Å². The van der Waals surface area contributed by atoms with Crippen LogP contribution in [0.4, 0.5) is 11.4 Å². The fourth-order valence-corrected chi connectivity index (χ4v) is 2.75. The number of benzene rings is 2. The predicted octanol–water partition coefficient (Wildman–Crippen LogP) is 3.82. The minimum Gasteiger partial charge on any atom is -0.380 e. The molecule has 1 amide bonds. The number of carbonyl (C=O) groups is 1. The molecule has 6 heteroatoms. The Morgan fingerprint density at radius 3 is 2.77 bits per heavy atom. The van der Waals surface area contributed by atoms with E-state index in [4.69, 9.17) is 0 Å². The molecule has 0 radical (unpaired) electrons. The Hall–Kier alpha value is -3.67. The van der Waals surface area contributed by atoms with Gasteiger partial charge in [-0.15, -0.1) is 0 Å². The van der Waals surface area contributed by atoms with Crippen molar-refractivity contribution in [3.8, 4) is 0 Å². The summed E-state index contributed by atoms with van der Waals surface area (Å²) in [6.07, 6.45) is 5.23. The lowest BCUT2D eigenvalue weighted by molar-refractivity contribution is 0.102. The molecule has 2 aromatic carbocycles. The van der Waals surface area contributed by atoms with Crippen molar-refractivity contribution >= 4 is 28.2 Å². The number of nitrogens with one attached hydrogen (secondary N) is 3. The van der Waals surface area contributed by atoms with Gasteiger partial charge in [-0.2, -0.15) is 5.10 Å². The van der Waals surface area contributed by atoms with Crippen molar-refractivity contribution in [3.05, 3.63) is 84.3 Å². The summed E-state index contributed by atoms with van der Waals surface area (Å²) in [5.74, 6) is -0.161. The Balaban J connectivity index is 1.52. The van der Waals surface area contributed by atoms with Crippen LogP contribution in [0.15, 0.2) is 73.2 Å². The molecule has 2 heterocycles. The third-order valence-corrected chi connectivity index (χ3v) is 4.10. The van der Waals surface area contributed by atoms with Crippen LogP contribution < -0.4 is 10.6 Å². The Morgan fingerprint density at radius 2 is 1.88 bits per heavy atom. The number of aromatic amines is 1. The average Bonchev–Trinajstić information content (AvgIpc) is 3.15. The number of para-hydroxylation sites is 1. The van der Waals surface area contributed by atoms with Crippen LogP contribution in [-0.2, 0) is 6.54 Å². The highest BCUT2D eigenvalue weighted by Crippen LogP contribution is 2.20. The molecule has 128 valence electrons. The molecule has 4 aromatic rings. The molecule has 26 heavy (non-hydrogen) atoms. The minimum atomic E-state index is -0.161. The van der Waals surface area contributed by atoms with Gasteiger partial charge in [0.05, 0.1) is 17.3 Å². The summed E-state index contributed by atoms with van der Waals surface area (Å²) >= 11 is 0. The second-order valence-electron chi connectivity index (χ2n) is 5.88. The number of aromatic nitrogens is 3. The lowest BCUT2D eigenvalue weighted by Crippen LogP contribution is -2.14. The molecule has 0 bridgehead atoms. The van der Waals surface area contributed by atoms with Crippen molar-refractivity contribution in [2.45, 2.75) is 6.54 Å². The van der Waals surface area contributed by atoms with Gasteiger partial charge in [-0.3, -0.25) is 14.9 Å². The molecule has 3 N–H and O–H groups in total. The van der Waals surface area contributed by atoms with E-state index in [9.17, 15) is 4.79 Å². The van der Waals surface area contributed by atoms with Crippen LogP contribution in [-0.4, -0.2) is 21.1 Å². The van der Waals surface area contributed by atoms with Gasteiger partial charge >= 0.3 is 0 Å². The van der Waals surface area contributed by atoms with E-state index in [1.807, 2.05) is 48.5 Å². The van der Waals surface area contributed by atoms with Crippen LogP contribution in [0.1, 0.15) is 15.9 Å². The molecular weight excluding hydrogens is 326 g/mol. The van der Waals surface area contributed by atoms with Gasteiger partial charge in [-0.05, 0) is 48.0 Å². The van der Waals surface area contributed by atoms with Gasteiger partial charge in [0.25, 0.3) is 5.91 Å². The summed E-state index contributed by atoms with van der Waals surface area (Å²) < 4.78 is 0. The second kappa shape index (κ2) is 7.06. The summed E-state index contributed by atoms with van der Waals surface area (Å²) in [7, 11) is 0. The minimum absolute atomic E-state index is 0.161. The van der Waals surface area contributed by atoms with Crippen LogP contribution in [0, 0.1) is 0 Å². The van der Waals surface area contributed by atoms with Crippen LogP contribution in [0.5, 0.6) is 0 Å². The van der Waals surface area contributed by atoms with E-state index >= 15 is 0 Å². The zero-order valence-corrected chi connectivity index (χ0v) is 13.9. The Bertz CT molecular complexity index is 1040. The lowest BCUT2D eigenvalue weighted by atomic mass is 10.1. The maximum Gasteiger partial charge on any atom is 0.257 e. The summed E-state index contributed by atoms with van der Waals surface area (Å²) in [4.78, 5) is 16.7. The number of pyridine rings is 1. The molecular formula is C20H17N5O. The first-order valence-corrected chi connectivity index (χ1v) is 8.26. The molecule has 6 nitrogen and oxygen atoms in total. The Labute approximate surface area is 150 Å². The molecule has 0 aliphatic rings. The molecule has 0 saturated heterocycles. The zero-order valence-electron chi connectivity index (χ0n) is 13.9. The Kier molecular flexibility index (Phi) is 4.30. The van der Waals surface area contributed by atoms with E-state index in [-0.39, 0.29) is 5.91 Å². The van der Waals surface area contributed by atoms with Crippen LogP contribution in [0.3, 0.4) is 0 Å². The predicted molar refractivity (Wildman–Crippen MR) is 102 cm³/mol. The summed E-state index contributed by atoms with van der Waals surface area (Å²) in [5, 5.41) is 14.1. The molecule has 0 aliphatic carbocycles. The highest BCUT2D eigenvalue weighted by Gasteiger charge is 2.11. The van der Waals surface area contributed by atoms with E-state index in [1.54, 1.807) is 24.7 Å². The molecule has 0 aliphatic heterocycles. The van der Waals surface area contributed by atoms with E-state index in [0.717, 1.165) is 27.8 Å². The average molecular weight is 343 g/mol. The number of rotatable bonds is 5. The highest BCUT2D eigenvalue weighted by molar-refractivity contribution is 6.08. The maximum atomic E-state index is 12.7. The molecule has 0 saturated carbocycles. The normalized spacial score (nSPS) is 10.6. The van der Waals surface area contributed by atoms with Gasteiger partial charge in [-0.25, -0.2) is 0 Å². The number of nitrogens with zero attached hydrogens (tertiary/aromatic N) is 2. The van der Waals surface area contributed by atoms with Gasteiger partial charge < -0.3 is 10.6 Å². The number of hydrogen-bond donors (Lipinski definition) is 3. The fraction of sp³-hybridized carbons (Fsp3) is 0.0500. The maximum absolute atomic E-state index is 12.7. The van der Waals surface area contributed by atoms with E-state index in [2.05, 4.69) is 25.8 Å². The van der Waals surface area contributed by atoms with Gasteiger partial charge in [0.1, 0.15) is 0 Å². The fourth-order valence-electron chi connectivity index (χ4n) is 2.75. The van der Waals surface area contributed by atoms with Crippen molar-refractivity contribution in [2.24, 2.45) is 0 Å². The highest BCUT2D eigenvalue weighted by atomic mass is 16.1.